The molecule has 146 valence electrons. The van der Waals surface area contributed by atoms with Crippen molar-refractivity contribution in [1.29, 1.82) is 0 Å². The summed E-state index contributed by atoms with van der Waals surface area (Å²) >= 11 is 0. The van der Waals surface area contributed by atoms with Crippen molar-refractivity contribution in [3.63, 3.8) is 0 Å². The second kappa shape index (κ2) is 11.6. The van der Waals surface area contributed by atoms with Crippen LogP contribution in [0.4, 0.5) is 0 Å². The lowest BCUT2D eigenvalue weighted by molar-refractivity contribution is -0.136. The van der Waals surface area contributed by atoms with Gasteiger partial charge >= 0.3 is 0 Å². The molecule has 0 radical (unpaired) electrons. The van der Waals surface area contributed by atoms with Crippen LogP contribution in [0.15, 0.2) is 24.3 Å². The molecule has 0 aliphatic carbocycles. The normalized spacial score (nSPS) is 16.4. The number of nitrogens with zero attached hydrogens (tertiary/aromatic N) is 1. The Balaban J connectivity index is 0.00000338. The maximum absolute atomic E-state index is 12.4. The predicted octanol–water partition coefficient (Wildman–Crippen LogP) is 1.20. The van der Waals surface area contributed by atoms with Crippen LogP contribution in [0, 0.1) is 5.92 Å². The molecular formula is C18H28ClN3O4. The Kier molecular flexibility index (Phi) is 9.83. The van der Waals surface area contributed by atoms with Crippen molar-refractivity contribution in [2.75, 3.05) is 39.9 Å². The van der Waals surface area contributed by atoms with Gasteiger partial charge in [0.05, 0.1) is 26.1 Å². The Morgan fingerprint density at radius 2 is 2.04 bits per heavy atom. The molecule has 3 N–H and O–H groups in total. The fourth-order valence-corrected chi connectivity index (χ4v) is 2.90. The zero-order chi connectivity index (χ0) is 18.1. The van der Waals surface area contributed by atoms with Gasteiger partial charge in [-0.3, -0.25) is 9.59 Å². The number of piperidine rings is 1. The number of carbonyl (C=O) groups is 2. The molecule has 2 amide bonds. The van der Waals surface area contributed by atoms with E-state index >= 15 is 0 Å². The van der Waals surface area contributed by atoms with E-state index in [2.05, 4.69) is 5.32 Å². The van der Waals surface area contributed by atoms with E-state index in [-0.39, 0.29) is 43.2 Å². The van der Waals surface area contributed by atoms with Crippen molar-refractivity contribution in [2.24, 2.45) is 11.7 Å². The van der Waals surface area contributed by atoms with Gasteiger partial charge in [0.1, 0.15) is 0 Å². The Morgan fingerprint density at radius 1 is 1.31 bits per heavy atom. The molecule has 26 heavy (non-hydrogen) atoms. The second-order valence-corrected chi connectivity index (χ2v) is 6.01. The first-order valence-electron chi connectivity index (χ1n) is 8.67. The molecule has 8 heteroatoms. The van der Waals surface area contributed by atoms with Crippen LogP contribution >= 0.6 is 12.4 Å². The van der Waals surface area contributed by atoms with Gasteiger partial charge in [-0.2, -0.15) is 0 Å². The standard InChI is InChI=1S/C18H27N3O4.ClH/c1-24-15-6-2-3-7-16(15)25-12-8-17(22)21-11-4-5-14(13-21)18(23)20-10-9-19;/h2-3,6-7,14H,4-5,8-13,19H2,1H3,(H,20,23);1H. The maximum atomic E-state index is 12.4. The van der Waals surface area contributed by atoms with Crippen LogP contribution in [0.3, 0.4) is 0 Å². The number of halogens is 1. The third-order valence-corrected chi connectivity index (χ3v) is 4.23. The number of likely N-dealkylation sites (tertiary alicyclic amines) is 1. The summed E-state index contributed by atoms with van der Waals surface area (Å²) in [4.78, 5) is 26.2. The van der Waals surface area contributed by atoms with Crippen LogP contribution < -0.4 is 20.5 Å². The Morgan fingerprint density at radius 3 is 2.73 bits per heavy atom. The second-order valence-electron chi connectivity index (χ2n) is 6.01. The highest BCUT2D eigenvalue weighted by Gasteiger charge is 2.28. The number of carbonyl (C=O) groups excluding carboxylic acids is 2. The number of amides is 2. The SMILES string of the molecule is COc1ccccc1OCCC(=O)N1CCCC(C(=O)NCCN)C1.Cl. The van der Waals surface area contributed by atoms with Gasteiger partial charge in [-0.05, 0) is 25.0 Å². The number of para-hydroxylation sites is 2. The molecule has 1 aliphatic heterocycles. The average Bonchev–Trinajstić information content (AvgIpc) is 2.66. The Labute approximate surface area is 160 Å². The lowest BCUT2D eigenvalue weighted by Gasteiger charge is -2.32. The van der Waals surface area contributed by atoms with Crippen LogP contribution in [-0.4, -0.2) is 56.6 Å². The minimum Gasteiger partial charge on any atom is -0.493 e. The summed E-state index contributed by atoms with van der Waals surface area (Å²) < 4.78 is 10.9. The van der Waals surface area contributed by atoms with Gasteiger partial charge in [0, 0.05) is 26.2 Å². The largest absolute Gasteiger partial charge is 0.493 e. The quantitative estimate of drug-likeness (QED) is 0.701. The van der Waals surface area contributed by atoms with Crippen molar-refractivity contribution in [1.82, 2.24) is 10.2 Å². The molecule has 0 bridgehead atoms. The number of rotatable bonds is 8. The van der Waals surface area contributed by atoms with E-state index in [1.807, 2.05) is 24.3 Å². The highest BCUT2D eigenvalue weighted by Crippen LogP contribution is 2.26. The van der Waals surface area contributed by atoms with Gasteiger partial charge in [-0.25, -0.2) is 0 Å². The van der Waals surface area contributed by atoms with Crippen molar-refractivity contribution < 1.29 is 19.1 Å². The monoisotopic (exact) mass is 385 g/mol. The molecule has 1 aromatic carbocycles. The first kappa shape index (κ1) is 22.1. The molecule has 1 unspecified atom stereocenters. The van der Waals surface area contributed by atoms with Gasteiger partial charge in [0.15, 0.2) is 11.5 Å². The summed E-state index contributed by atoms with van der Waals surface area (Å²) in [6, 6.07) is 7.34. The van der Waals surface area contributed by atoms with Crippen LogP contribution in [0.2, 0.25) is 0 Å². The fourth-order valence-electron chi connectivity index (χ4n) is 2.90. The highest BCUT2D eigenvalue weighted by atomic mass is 35.5. The number of methoxy groups -OCH3 is 1. The molecule has 0 aromatic heterocycles. The van der Waals surface area contributed by atoms with E-state index in [0.29, 0.717) is 37.7 Å². The summed E-state index contributed by atoms with van der Waals surface area (Å²) in [6.45, 7) is 2.31. The van der Waals surface area contributed by atoms with Crippen LogP contribution in [0.25, 0.3) is 0 Å². The molecule has 1 heterocycles. The molecule has 2 rings (SSSR count). The molecule has 1 atom stereocenters. The van der Waals surface area contributed by atoms with E-state index in [1.165, 1.54) is 0 Å². The van der Waals surface area contributed by atoms with E-state index in [0.717, 1.165) is 12.8 Å². The molecule has 1 aliphatic rings. The molecular weight excluding hydrogens is 358 g/mol. The molecule has 7 nitrogen and oxygen atoms in total. The minimum absolute atomic E-state index is 0. The third-order valence-electron chi connectivity index (χ3n) is 4.23. The summed E-state index contributed by atoms with van der Waals surface area (Å²) in [5.41, 5.74) is 5.40. The van der Waals surface area contributed by atoms with Crippen LogP contribution in [-0.2, 0) is 9.59 Å². The number of nitrogens with two attached hydrogens (primary N) is 1. The number of benzene rings is 1. The topological polar surface area (TPSA) is 93.9 Å². The fraction of sp³-hybridized carbons (Fsp3) is 0.556. The number of ether oxygens (including phenoxy) is 2. The summed E-state index contributed by atoms with van der Waals surface area (Å²) in [7, 11) is 1.58. The summed E-state index contributed by atoms with van der Waals surface area (Å²) in [5.74, 6) is 1.10. The smallest absolute Gasteiger partial charge is 0.226 e. The van der Waals surface area contributed by atoms with E-state index in [1.54, 1.807) is 12.0 Å². The molecule has 0 spiro atoms. The first-order chi connectivity index (χ1) is 12.2. The highest BCUT2D eigenvalue weighted by molar-refractivity contribution is 5.85. The summed E-state index contributed by atoms with van der Waals surface area (Å²) in [5, 5.41) is 2.80. The van der Waals surface area contributed by atoms with Crippen LogP contribution in [0.5, 0.6) is 11.5 Å². The van der Waals surface area contributed by atoms with Crippen molar-refractivity contribution in [3.8, 4) is 11.5 Å². The first-order valence-corrected chi connectivity index (χ1v) is 8.67. The summed E-state index contributed by atoms with van der Waals surface area (Å²) in [6.07, 6.45) is 1.91. The minimum atomic E-state index is -0.153. The van der Waals surface area contributed by atoms with Crippen LogP contribution in [0.1, 0.15) is 19.3 Å². The predicted molar refractivity (Wildman–Crippen MR) is 102 cm³/mol. The lowest BCUT2D eigenvalue weighted by Crippen LogP contribution is -2.46. The maximum Gasteiger partial charge on any atom is 0.226 e. The van der Waals surface area contributed by atoms with Gasteiger partial charge in [-0.1, -0.05) is 12.1 Å². The van der Waals surface area contributed by atoms with Gasteiger partial charge in [0.2, 0.25) is 11.8 Å². The number of hydrogen-bond acceptors (Lipinski definition) is 5. The molecule has 1 fully saturated rings. The van der Waals surface area contributed by atoms with Crippen molar-refractivity contribution in [2.45, 2.75) is 19.3 Å². The number of hydrogen-bond donors (Lipinski definition) is 2. The lowest BCUT2D eigenvalue weighted by atomic mass is 9.97. The van der Waals surface area contributed by atoms with Gasteiger partial charge < -0.3 is 25.4 Å². The van der Waals surface area contributed by atoms with Crippen molar-refractivity contribution in [3.05, 3.63) is 24.3 Å². The van der Waals surface area contributed by atoms with E-state index < -0.39 is 0 Å². The zero-order valence-electron chi connectivity index (χ0n) is 15.1. The Bertz CT molecular complexity index is 585. The average molecular weight is 386 g/mol. The molecule has 0 saturated carbocycles. The molecule has 1 saturated heterocycles. The molecule has 1 aromatic rings. The van der Waals surface area contributed by atoms with E-state index in [4.69, 9.17) is 15.2 Å². The number of nitrogens with one attached hydrogen (secondary N) is 1. The van der Waals surface area contributed by atoms with E-state index in [9.17, 15) is 9.59 Å². The van der Waals surface area contributed by atoms with Gasteiger partial charge in [-0.15, -0.1) is 12.4 Å². The van der Waals surface area contributed by atoms with Gasteiger partial charge in [0.25, 0.3) is 0 Å². The third kappa shape index (κ3) is 6.38. The Hall–Kier alpha value is -1.99. The van der Waals surface area contributed by atoms with Crippen molar-refractivity contribution >= 4 is 24.2 Å². The zero-order valence-corrected chi connectivity index (χ0v) is 15.9.